The van der Waals surface area contributed by atoms with Gasteiger partial charge in [0, 0.05) is 0 Å². The number of fused-ring (bicyclic) bond motifs is 1. The van der Waals surface area contributed by atoms with Gasteiger partial charge in [-0.1, -0.05) is 42.0 Å². The van der Waals surface area contributed by atoms with Crippen LogP contribution in [0.25, 0.3) is 0 Å². The van der Waals surface area contributed by atoms with Gasteiger partial charge < -0.3 is 10.1 Å². The number of aryl methyl sites for hydroxylation is 1. The number of methoxy groups -OCH3 is 1. The van der Waals surface area contributed by atoms with Crippen LogP contribution in [0.2, 0.25) is 0 Å². The summed E-state index contributed by atoms with van der Waals surface area (Å²) in [4.78, 5) is 52.4. The molecule has 0 saturated heterocycles. The molecule has 0 unspecified atom stereocenters. The summed E-state index contributed by atoms with van der Waals surface area (Å²) >= 11 is 1.52. The van der Waals surface area contributed by atoms with Gasteiger partial charge in [-0.2, -0.15) is 11.8 Å². The molecule has 0 radical (unpaired) electrons. The number of thioether (sulfide) groups is 1. The highest BCUT2D eigenvalue weighted by atomic mass is 32.2. The molecule has 0 aromatic heterocycles. The number of imide groups is 1. The summed E-state index contributed by atoms with van der Waals surface area (Å²) in [5.41, 5.74) is 2.37. The van der Waals surface area contributed by atoms with Gasteiger partial charge in [-0.05, 0) is 43.0 Å². The number of hydrogen-bond donors (Lipinski definition) is 1. The number of carbonyl (C=O) groups is 4. The summed E-state index contributed by atoms with van der Waals surface area (Å²) in [6.07, 6.45) is 2.13. The molecule has 2 atom stereocenters. The van der Waals surface area contributed by atoms with Crippen LogP contribution >= 0.6 is 11.8 Å². The Labute approximate surface area is 191 Å². The quantitative estimate of drug-likeness (QED) is 0.462. The number of benzene rings is 2. The zero-order valence-electron chi connectivity index (χ0n) is 18.3. The van der Waals surface area contributed by atoms with E-state index in [2.05, 4.69) is 5.32 Å². The van der Waals surface area contributed by atoms with E-state index in [1.807, 2.05) is 37.4 Å². The van der Waals surface area contributed by atoms with Crippen molar-refractivity contribution in [2.24, 2.45) is 0 Å². The Morgan fingerprint density at radius 3 is 2.16 bits per heavy atom. The molecule has 1 aliphatic heterocycles. The van der Waals surface area contributed by atoms with Crippen LogP contribution in [0, 0.1) is 6.92 Å². The van der Waals surface area contributed by atoms with Gasteiger partial charge >= 0.3 is 5.97 Å². The van der Waals surface area contributed by atoms with Gasteiger partial charge in [-0.15, -0.1) is 0 Å². The average Bonchev–Trinajstić information content (AvgIpc) is 3.04. The molecule has 0 spiro atoms. The van der Waals surface area contributed by atoms with E-state index in [1.54, 1.807) is 24.3 Å². The molecular formula is C24H26N2O5S. The van der Waals surface area contributed by atoms with Crippen molar-refractivity contribution in [2.45, 2.75) is 31.8 Å². The lowest BCUT2D eigenvalue weighted by atomic mass is 10.0. The highest BCUT2D eigenvalue weighted by molar-refractivity contribution is 7.98. The van der Waals surface area contributed by atoms with Gasteiger partial charge in [0.2, 0.25) is 5.91 Å². The lowest BCUT2D eigenvalue weighted by Crippen LogP contribution is -2.50. The largest absolute Gasteiger partial charge is 0.469 e. The lowest BCUT2D eigenvalue weighted by molar-refractivity contribution is -0.141. The Morgan fingerprint density at radius 2 is 1.62 bits per heavy atom. The lowest BCUT2D eigenvalue weighted by Gasteiger charge is -2.28. The molecule has 1 N–H and O–H groups in total. The first-order chi connectivity index (χ1) is 15.4. The molecule has 2 aromatic rings. The monoisotopic (exact) mass is 454 g/mol. The first kappa shape index (κ1) is 23.5. The Kier molecular flexibility index (Phi) is 7.69. The van der Waals surface area contributed by atoms with Crippen LogP contribution in [0.4, 0.5) is 0 Å². The summed E-state index contributed by atoms with van der Waals surface area (Å²) in [5, 5.41) is 2.88. The van der Waals surface area contributed by atoms with Gasteiger partial charge in [0.05, 0.1) is 30.7 Å². The maximum Gasteiger partial charge on any atom is 0.307 e. The minimum Gasteiger partial charge on any atom is -0.469 e. The number of ether oxygens (including phenoxy) is 1. The molecule has 1 heterocycles. The van der Waals surface area contributed by atoms with Gasteiger partial charge in [0.1, 0.15) is 6.04 Å². The van der Waals surface area contributed by atoms with E-state index in [0.29, 0.717) is 23.3 Å². The Hall–Kier alpha value is -3.13. The Balaban J connectivity index is 1.88. The Morgan fingerprint density at radius 1 is 1.03 bits per heavy atom. The third-order valence-corrected chi connectivity index (χ3v) is 6.07. The molecule has 7 nitrogen and oxygen atoms in total. The maximum absolute atomic E-state index is 13.4. The molecule has 2 aromatic carbocycles. The smallest absolute Gasteiger partial charge is 0.307 e. The number of carbonyl (C=O) groups excluding carboxylic acids is 4. The third-order valence-electron chi connectivity index (χ3n) is 5.43. The van der Waals surface area contributed by atoms with Crippen LogP contribution in [0.15, 0.2) is 48.5 Å². The molecular weight excluding hydrogens is 428 g/mol. The first-order valence-electron chi connectivity index (χ1n) is 10.3. The summed E-state index contributed by atoms with van der Waals surface area (Å²) in [6.45, 7) is 1.94. The van der Waals surface area contributed by atoms with Crippen molar-refractivity contribution < 1.29 is 23.9 Å². The summed E-state index contributed by atoms with van der Waals surface area (Å²) in [6, 6.07) is 12.4. The van der Waals surface area contributed by atoms with E-state index in [9.17, 15) is 19.2 Å². The van der Waals surface area contributed by atoms with Crippen molar-refractivity contribution >= 4 is 35.5 Å². The highest BCUT2D eigenvalue weighted by Crippen LogP contribution is 2.27. The van der Waals surface area contributed by atoms with E-state index in [-0.39, 0.29) is 6.42 Å². The van der Waals surface area contributed by atoms with Crippen LogP contribution in [0.5, 0.6) is 0 Å². The number of nitrogens with one attached hydrogen (secondary N) is 1. The fraction of sp³-hybridized carbons (Fsp3) is 0.333. The van der Waals surface area contributed by atoms with Crippen molar-refractivity contribution in [1.82, 2.24) is 10.2 Å². The van der Waals surface area contributed by atoms with Gasteiger partial charge in [-0.25, -0.2) is 0 Å². The highest BCUT2D eigenvalue weighted by Gasteiger charge is 2.42. The zero-order chi connectivity index (χ0) is 23.3. The number of rotatable bonds is 9. The van der Waals surface area contributed by atoms with Gasteiger partial charge in [-0.3, -0.25) is 24.1 Å². The molecule has 0 aliphatic carbocycles. The summed E-state index contributed by atoms with van der Waals surface area (Å²) in [5.74, 6) is -1.34. The molecule has 1 aliphatic rings. The predicted molar refractivity (Wildman–Crippen MR) is 122 cm³/mol. The van der Waals surface area contributed by atoms with E-state index in [1.165, 1.54) is 18.9 Å². The van der Waals surface area contributed by atoms with Crippen molar-refractivity contribution in [2.75, 3.05) is 19.1 Å². The second-order valence-corrected chi connectivity index (χ2v) is 8.56. The minimum atomic E-state index is -0.986. The molecule has 0 saturated carbocycles. The first-order valence-corrected chi connectivity index (χ1v) is 11.7. The SMILES string of the molecule is COC(=O)C[C@H](NC(=O)[C@@H](CCSC)N1C(=O)c2ccccc2C1=O)c1ccc(C)cc1. The molecule has 3 rings (SSSR count). The van der Waals surface area contributed by atoms with Crippen molar-refractivity contribution in [3.05, 3.63) is 70.8 Å². The minimum absolute atomic E-state index is 0.0668. The number of nitrogens with zero attached hydrogens (tertiary/aromatic N) is 1. The molecule has 0 fully saturated rings. The van der Waals surface area contributed by atoms with Crippen molar-refractivity contribution in [3.63, 3.8) is 0 Å². The molecule has 3 amide bonds. The second kappa shape index (κ2) is 10.5. The van der Waals surface area contributed by atoms with Crippen LogP contribution in [-0.4, -0.2) is 53.8 Å². The van der Waals surface area contributed by atoms with Crippen molar-refractivity contribution in [1.29, 1.82) is 0 Å². The normalized spacial score (nSPS) is 14.7. The second-order valence-electron chi connectivity index (χ2n) is 7.58. The van der Waals surface area contributed by atoms with Gasteiger partial charge in [0.15, 0.2) is 0 Å². The molecule has 168 valence electrons. The third kappa shape index (κ3) is 5.02. The zero-order valence-corrected chi connectivity index (χ0v) is 19.1. The van der Waals surface area contributed by atoms with E-state index >= 15 is 0 Å². The van der Waals surface area contributed by atoms with Crippen molar-refractivity contribution in [3.8, 4) is 0 Å². The fourth-order valence-electron chi connectivity index (χ4n) is 3.67. The Bertz CT molecular complexity index is 986. The fourth-order valence-corrected chi connectivity index (χ4v) is 4.13. The van der Waals surface area contributed by atoms with Gasteiger partial charge in [0.25, 0.3) is 11.8 Å². The summed E-state index contributed by atoms with van der Waals surface area (Å²) < 4.78 is 4.80. The van der Waals surface area contributed by atoms with E-state index < -0.39 is 35.8 Å². The predicted octanol–water partition coefficient (Wildman–Crippen LogP) is 3.13. The number of hydrogen-bond acceptors (Lipinski definition) is 6. The molecule has 8 heteroatoms. The number of amides is 3. The van der Waals surface area contributed by atoms with Crippen LogP contribution in [0.3, 0.4) is 0 Å². The standard InChI is InChI=1S/C24H26N2O5S/c1-15-8-10-16(11-9-15)19(14-21(27)31-2)25-22(28)20(12-13-32-3)26-23(29)17-6-4-5-7-18(17)24(26)30/h4-11,19-20H,12-14H2,1-3H3,(H,25,28)/t19-,20+/m0/s1. The van der Waals surface area contributed by atoms with E-state index in [0.717, 1.165) is 16.0 Å². The average molecular weight is 455 g/mol. The van der Waals surface area contributed by atoms with Crippen LogP contribution in [0.1, 0.15) is 50.7 Å². The topological polar surface area (TPSA) is 92.8 Å². The molecule has 32 heavy (non-hydrogen) atoms. The van der Waals surface area contributed by atoms with Crippen LogP contribution in [-0.2, 0) is 14.3 Å². The summed E-state index contributed by atoms with van der Waals surface area (Å²) in [7, 11) is 1.29. The van der Waals surface area contributed by atoms with Crippen LogP contribution < -0.4 is 5.32 Å². The maximum atomic E-state index is 13.4. The molecule has 0 bridgehead atoms. The van der Waals surface area contributed by atoms with E-state index in [4.69, 9.17) is 4.74 Å². The number of esters is 1.